The molecular formula is C21H19F3N2O2. The SMILES string of the molecule is CCNC(=O)c1cc(-c2ccc(C(F)(F)F)cc2)[nH]c1-c1ccccc1OC. The van der Waals surface area contributed by atoms with Crippen molar-refractivity contribution in [1.29, 1.82) is 0 Å². The van der Waals surface area contributed by atoms with Crippen molar-refractivity contribution < 1.29 is 22.7 Å². The van der Waals surface area contributed by atoms with E-state index in [1.54, 1.807) is 12.1 Å². The quantitative estimate of drug-likeness (QED) is 0.637. The van der Waals surface area contributed by atoms with Gasteiger partial charge in [0.25, 0.3) is 5.91 Å². The van der Waals surface area contributed by atoms with E-state index >= 15 is 0 Å². The van der Waals surface area contributed by atoms with Crippen LogP contribution in [0.5, 0.6) is 5.75 Å². The molecule has 0 radical (unpaired) electrons. The van der Waals surface area contributed by atoms with Gasteiger partial charge in [-0.3, -0.25) is 4.79 Å². The summed E-state index contributed by atoms with van der Waals surface area (Å²) in [6.07, 6.45) is -4.40. The summed E-state index contributed by atoms with van der Waals surface area (Å²) >= 11 is 0. The van der Waals surface area contributed by atoms with E-state index < -0.39 is 11.7 Å². The zero-order chi connectivity index (χ0) is 20.3. The highest BCUT2D eigenvalue weighted by molar-refractivity contribution is 6.02. The number of aromatic nitrogens is 1. The molecule has 0 spiro atoms. The minimum atomic E-state index is -4.40. The fourth-order valence-electron chi connectivity index (χ4n) is 2.95. The van der Waals surface area contributed by atoms with E-state index in [2.05, 4.69) is 10.3 Å². The number of alkyl halides is 3. The summed E-state index contributed by atoms with van der Waals surface area (Å²) < 4.78 is 43.8. The Hall–Kier alpha value is -3.22. The zero-order valence-electron chi connectivity index (χ0n) is 15.4. The first-order chi connectivity index (χ1) is 13.3. The van der Waals surface area contributed by atoms with Crippen LogP contribution in [0.4, 0.5) is 13.2 Å². The van der Waals surface area contributed by atoms with Gasteiger partial charge in [-0.25, -0.2) is 0 Å². The van der Waals surface area contributed by atoms with Crippen molar-refractivity contribution in [2.45, 2.75) is 13.1 Å². The number of carbonyl (C=O) groups is 1. The topological polar surface area (TPSA) is 54.1 Å². The second-order valence-electron chi connectivity index (χ2n) is 6.11. The number of hydrogen-bond donors (Lipinski definition) is 2. The van der Waals surface area contributed by atoms with Gasteiger partial charge >= 0.3 is 6.18 Å². The molecule has 28 heavy (non-hydrogen) atoms. The molecule has 0 saturated carbocycles. The molecule has 1 heterocycles. The number of methoxy groups -OCH3 is 1. The van der Waals surface area contributed by atoms with Crippen LogP contribution >= 0.6 is 0 Å². The number of ether oxygens (including phenoxy) is 1. The van der Waals surface area contributed by atoms with Gasteiger partial charge in [0.05, 0.1) is 23.9 Å². The first-order valence-corrected chi connectivity index (χ1v) is 8.67. The van der Waals surface area contributed by atoms with Crippen LogP contribution < -0.4 is 10.1 Å². The Kier molecular flexibility index (Phi) is 5.44. The van der Waals surface area contributed by atoms with Gasteiger partial charge in [-0.1, -0.05) is 24.3 Å². The summed E-state index contributed by atoms with van der Waals surface area (Å²) in [5.74, 6) is 0.298. The van der Waals surface area contributed by atoms with Crippen molar-refractivity contribution in [2.24, 2.45) is 0 Å². The molecule has 1 amide bonds. The zero-order valence-corrected chi connectivity index (χ0v) is 15.4. The van der Waals surface area contributed by atoms with Gasteiger partial charge in [-0.2, -0.15) is 13.2 Å². The summed E-state index contributed by atoms with van der Waals surface area (Å²) in [7, 11) is 1.53. The molecule has 0 atom stereocenters. The maximum atomic E-state index is 12.8. The highest BCUT2D eigenvalue weighted by atomic mass is 19.4. The number of benzene rings is 2. The highest BCUT2D eigenvalue weighted by Crippen LogP contribution is 2.35. The Morgan fingerprint density at radius 1 is 1.11 bits per heavy atom. The Labute approximate surface area is 160 Å². The number of carbonyl (C=O) groups excluding carboxylic acids is 1. The van der Waals surface area contributed by atoms with Crippen molar-refractivity contribution in [1.82, 2.24) is 10.3 Å². The van der Waals surface area contributed by atoms with Gasteiger partial charge in [0.1, 0.15) is 5.75 Å². The third-order valence-electron chi connectivity index (χ3n) is 4.30. The number of rotatable bonds is 5. The second kappa shape index (κ2) is 7.80. The molecule has 0 saturated heterocycles. The van der Waals surface area contributed by atoms with E-state index in [1.807, 2.05) is 25.1 Å². The van der Waals surface area contributed by atoms with Crippen molar-refractivity contribution in [3.8, 4) is 28.3 Å². The first kappa shape index (κ1) is 19.5. The molecule has 7 heteroatoms. The van der Waals surface area contributed by atoms with Gasteiger partial charge in [0.15, 0.2) is 0 Å². The lowest BCUT2D eigenvalue weighted by Crippen LogP contribution is -2.22. The lowest BCUT2D eigenvalue weighted by molar-refractivity contribution is -0.137. The Balaban J connectivity index is 2.10. The molecular weight excluding hydrogens is 369 g/mol. The molecule has 3 rings (SSSR count). The predicted molar refractivity (Wildman–Crippen MR) is 101 cm³/mol. The molecule has 0 unspecified atom stereocenters. The predicted octanol–water partition coefficient (Wildman–Crippen LogP) is 5.13. The van der Waals surface area contributed by atoms with Crippen LogP contribution in [0.3, 0.4) is 0 Å². The molecule has 0 aliphatic carbocycles. The third-order valence-corrected chi connectivity index (χ3v) is 4.30. The lowest BCUT2D eigenvalue weighted by atomic mass is 10.1. The molecule has 146 valence electrons. The van der Waals surface area contributed by atoms with Crippen LogP contribution in [0, 0.1) is 0 Å². The lowest BCUT2D eigenvalue weighted by Gasteiger charge is -2.09. The smallest absolute Gasteiger partial charge is 0.416 e. The fraction of sp³-hybridized carbons (Fsp3) is 0.190. The van der Waals surface area contributed by atoms with Gasteiger partial charge in [0, 0.05) is 17.8 Å². The molecule has 1 aromatic heterocycles. The first-order valence-electron chi connectivity index (χ1n) is 8.67. The number of para-hydroxylation sites is 1. The molecule has 2 aromatic carbocycles. The molecule has 0 bridgehead atoms. The van der Waals surface area contributed by atoms with Crippen LogP contribution in [0.2, 0.25) is 0 Å². The number of H-pyrrole nitrogens is 1. The minimum Gasteiger partial charge on any atom is -0.496 e. The van der Waals surface area contributed by atoms with Crippen LogP contribution in [0.15, 0.2) is 54.6 Å². The van der Waals surface area contributed by atoms with E-state index in [4.69, 9.17) is 4.74 Å². The van der Waals surface area contributed by atoms with Gasteiger partial charge < -0.3 is 15.0 Å². The van der Waals surface area contributed by atoms with Crippen LogP contribution in [-0.2, 0) is 6.18 Å². The minimum absolute atomic E-state index is 0.280. The van der Waals surface area contributed by atoms with E-state index in [9.17, 15) is 18.0 Å². The van der Waals surface area contributed by atoms with Crippen molar-refractivity contribution >= 4 is 5.91 Å². The molecule has 3 aromatic rings. The molecule has 0 fully saturated rings. The molecule has 0 aliphatic rings. The van der Waals surface area contributed by atoms with E-state index in [0.717, 1.165) is 12.1 Å². The fourth-order valence-corrected chi connectivity index (χ4v) is 2.95. The largest absolute Gasteiger partial charge is 0.496 e. The van der Waals surface area contributed by atoms with Crippen LogP contribution in [0.25, 0.3) is 22.5 Å². The average molecular weight is 388 g/mol. The molecule has 4 nitrogen and oxygen atoms in total. The van der Waals surface area contributed by atoms with Crippen molar-refractivity contribution in [3.05, 3.63) is 65.7 Å². The number of aromatic amines is 1. The van der Waals surface area contributed by atoms with Crippen molar-refractivity contribution in [2.75, 3.05) is 13.7 Å². The standard InChI is InChI=1S/C21H19F3N2O2/c1-3-25-20(27)16-12-17(13-8-10-14(11-9-13)21(22,23)24)26-19(16)15-6-4-5-7-18(15)28-2/h4-12,26H,3H2,1-2H3,(H,25,27). The Morgan fingerprint density at radius 2 is 1.79 bits per heavy atom. The summed E-state index contributed by atoms with van der Waals surface area (Å²) in [5, 5.41) is 2.75. The summed E-state index contributed by atoms with van der Waals surface area (Å²) in [6.45, 7) is 2.26. The molecule has 0 aliphatic heterocycles. The number of halogens is 3. The average Bonchev–Trinajstić information content (AvgIpc) is 3.13. The van der Waals surface area contributed by atoms with Crippen molar-refractivity contribution in [3.63, 3.8) is 0 Å². The normalized spacial score (nSPS) is 11.3. The monoisotopic (exact) mass is 388 g/mol. The highest BCUT2D eigenvalue weighted by Gasteiger charge is 2.30. The second-order valence-corrected chi connectivity index (χ2v) is 6.11. The summed E-state index contributed by atoms with van der Waals surface area (Å²) in [4.78, 5) is 15.7. The maximum Gasteiger partial charge on any atom is 0.416 e. The molecule has 2 N–H and O–H groups in total. The van der Waals surface area contributed by atoms with Gasteiger partial charge in [-0.15, -0.1) is 0 Å². The third kappa shape index (κ3) is 3.88. The van der Waals surface area contributed by atoms with E-state index in [0.29, 0.717) is 40.4 Å². The number of hydrogen-bond acceptors (Lipinski definition) is 2. The number of nitrogens with one attached hydrogen (secondary N) is 2. The number of amides is 1. The summed E-state index contributed by atoms with van der Waals surface area (Å²) in [5.41, 5.74) is 1.97. The Morgan fingerprint density at radius 3 is 2.39 bits per heavy atom. The summed E-state index contributed by atoms with van der Waals surface area (Å²) in [6, 6.07) is 13.6. The van der Waals surface area contributed by atoms with Gasteiger partial charge in [-0.05, 0) is 42.8 Å². The van der Waals surface area contributed by atoms with Gasteiger partial charge in [0.2, 0.25) is 0 Å². The van der Waals surface area contributed by atoms with Crippen LogP contribution in [0.1, 0.15) is 22.8 Å². The van der Waals surface area contributed by atoms with E-state index in [-0.39, 0.29) is 5.91 Å². The maximum absolute atomic E-state index is 12.8. The van der Waals surface area contributed by atoms with Crippen LogP contribution in [-0.4, -0.2) is 24.5 Å². The Bertz CT molecular complexity index is 976. The van der Waals surface area contributed by atoms with E-state index in [1.165, 1.54) is 19.2 Å².